The number of rotatable bonds is 11. The molecule has 0 atom stereocenters. The third-order valence-corrected chi connectivity index (χ3v) is 2.30. The molecule has 0 aromatic carbocycles. The summed E-state index contributed by atoms with van der Waals surface area (Å²) in [6.45, 7) is 5.83. The largest absolute Gasteiger partial charge is 0.391 e. The van der Waals surface area contributed by atoms with Gasteiger partial charge in [0, 0.05) is 37.6 Å². The van der Waals surface area contributed by atoms with E-state index in [0.29, 0.717) is 0 Å². The van der Waals surface area contributed by atoms with Crippen molar-refractivity contribution < 1.29 is 9.59 Å². The first kappa shape index (κ1) is 16.4. The molecule has 0 radical (unpaired) electrons. The van der Waals surface area contributed by atoms with Crippen LogP contribution < -0.4 is 10.6 Å². The highest BCUT2D eigenvalue weighted by Crippen LogP contribution is 1.86. The summed E-state index contributed by atoms with van der Waals surface area (Å²) in [7, 11) is 0. The Balaban J connectivity index is 3.78. The normalized spacial score (nSPS) is 11.0. The first-order valence-corrected chi connectivity index (χ1v) is 6.60. The van der Waals surface area contributed by atoms with Crippen molar-refractivity contribution in [2.24, 2.45) is 0 Å². The zero-order valence-corrected chi connectivity index (χ0v) is 11.4. The van der Waals surface area contributed by atoms with E-state index in [9.17, 15) is 9.59 Å². The Labute approximate surface area is 110 Å². The van der Waals surface area contributed by atoms with Gasteiger partial charge < -0.3 is 10.6 Å². The van der Waals surface area contributed by atoms with Gasteiger partial charge in [-0.1, -0.05) is 26.7 Å². The van der Waals surface area contributed by atoms with Crippen molar-refractivity contribution in [2.45, 2.75) is 39.5 Å². The molecule has 0 aromatic rings. The first-order chi connectivity index (χ1) is 8.72. The minimum atomic E-state index is -0.507. The Morgan fingerprint density at radius 1 is 0.833 bits per heavy atom. The van der Waals surface area contributed by atoms with Crippen molar-refractivity contribution in [3.05, 3.63) is 24.6 Å². The Bertz CT molecular complexity index is 266. The van der Waals surface area contributed by atoms with Gasteiger partial charge in [-0.05, 0) is 12.8 Å². The molecular formula is C14H24N2O2. The van der Waals surface area contributed by atoms with Crippen LogP contribution in [0.5, 0.6) is 0 Å². The van der Waals surface area contributed by atoms with Crippen LogP contribution in [0, 0.1) is 0 Å². The van der Waals surface area contributed by atoms with Crippen LogP contribution in [0.2, 0.25) is 0 Å². The summed E-state index contributed by atoms with van der Waals surface area (Å²) in [5.41, 5.74) is 0. The molecule has 0 rings (SSSR count). The molecule has 0 saturated heterocycles. The second kappa shape index (κ2) is 11.9. The quantitative estimate of drug-likeness (QED) is 0.335. The molecular weight excluding hydrogens is 228 g/mol. The number of unbranched alkanes of at least 4 members (excludes halogenated alkanes) is 2. The van der Waals surface area contributed by atoms with E-state index in [1.54, 1.807) is 0 Å². The van der Waals surface area contributed by atoms with Gasteiger partial charge in [0.05, 0.1) is 0 Å². The maximum Gasteiger partial charge on any atom is 0.227 e. The van der Waals surface area contributed by atoms with Crippen LogP contribution in [0.25, 0.3) is 0 Å². The molecule has 4 nitrogen and oxygen atoms in total. The lowest BCUT2D eigenvalue weighted by Crippen LogP contribution is -2.13. The van der Waals surface area contributed by atoms with Crippen molar-refractivity contribution in [3.8, 4) is 0 Å². The van der Waals surface area contributed by atoms with E-state index < -0.39 is 11.6 Å². The SMILES string of the molecule is CCCCN/C=C\C(=O)C(=O)/C=C\NCCCC. The predicted octanol–water partition coefficient (Wildman–Crippen LogP) is 1.93. The maximum absolute atomic E-state index is 11.3. The molecule has 18 heavy (non-hydrogen) atoms. The van der Waals surface area contributed by atoms with Crippen LogP contribution >= 0.6 is 0 Å². The molecule has 0 saturated carbocycles. The lowest BCUT2D eigenvalue weighted by molar-refractivity contribution is -0.130. The van der Waals surface area contributed by atoms with Crippen LogP contribution in [0.4, 0.5) is 0 Å². The standard InChI is InChI=1S/C14H24N2O2/c1-3-5-9-15-11-7-13(17)14(18)8-12-16-10-6-4-2/h7-8,11-12,15-16H,3-6,9-10H2,1-2H3/b11-7-,12-8-. The molecule has 0 heterocycles. The van der Waals surface area contributed by atoms with Gasteiger partial charge in [0.1, 0.15) is 0 Å². The zero-order chi connectivity index (χ0) is 13.6. The second-order valence-corrected chi connectivity index (χ2v) is 4.01. The Morgan fingerprint density at radius 3 is 1.56 bits per heavy atom. The number of hydrogen-bond acceptors (Lipinski definition) is 4. The molecule has 0 amide bonds. The van der Waals surface area contributed by atoms with Gasteiger partial charge in [-0.3, -0.25) is 9.59 Å². The van der Waals surface area contributed by atoms with Gasteiger partial charge in [-0.2, -0.15) is 0 Å². The Kier molecular flexibility index (Phi) is 10.8. The monoisotopic (exact) mass is 252 g/mol. The van der Waals surface area contributed by atoms with E-state index in [4.69, 9.17) is 0 Å². The van der Waals surface area contributed by atoms with Gasteiger partial charge in [0.15, 0.2) is 0 Å². The molecule has 0 aliphatic rings. The highest BCUT2D eigenvalue weighted by atomic mass is 16.2. The number of carbonyl (C=O) groups is 2. The van der Waals surface area contributed by atoms with Gasteiger partial charge in [0.25, 0.3) is 0 Å². The molecule has 0 spiro atoms. The average molecular weight is 252 g/mol. The van der Waals surface area contributed by atoms with Crippen molar-refractivity contribution in [3.63, 3.8) is 0 Å². The average Bonchev–Trinajstić information content (AvgIpc) is 2.37. The summed E-state index contributed by atoms with van der Waals surface area (Å²) in [5.74, 6) is -1.01. The molecule has 0 aromatic heterocycles. The number of hydrogen-bond donors (Lipinski definition) is 2. The predicted molar refractivity (Wildman–Crippen MR) is 74.1 cm³/mol. The summed E-state index contributed by atoms with van der Waals surface area (Å²) in [4.78, 5) is 22.7. The minimum Gasteiger partial charge on any atom is -0.391 e. The lowest BCUT2D eigenvalue weighted by Gasteiger charge is -1.97. The van der Waals surface area contributed by atoms with Crippen molar-refractivity contribution in [2.75, 3.05) is 13.1 Å². The van der Waals surface area contributed by atoms with Crippen LogP contribution in [0.3, 0.4) is 0 Å². The highest BCUT2D eigenvalue weighted by Gasteiger charge is 2.04. The number of ketones is 2. The second-order valence-electron chi connectivity index (χ2n) is 4.01. The van der Waals surface area contributed by atoms with Gasteiger partial charge in [-0.25, -0.2) is 0 Å². The van der Waals surface area contributed by atoms with E-state index in [1.807, 2.05) is 0 Å². The molecule has 0 aliphatic carbocycles. The van der Waals surface area contributed by atoms with E-state index in [2.05, 4.69) is 24.5 Å². The number of carbonyl (C=O) groups excluding carboxylic acids is 2. The summed E-state index contributed by atoms with van der Waals surface area (Å²) in [5, 5.41) is 5.93. The topological polar surface area (TPSA) is 58.2 Å². The van der Waals surface area contributed by atoms with Crippen LogP contribution in [0.1, 0.15) is 39.5 Å². The smallest absolute Gasteiger partial charge is 0.227 e. The fourth-order valence-electron chi connectivity index (χ4n) is 1.16. The number of allylic oxidation sites excluding steroid dienone is 2. The minimum absolute atomic E-state index is 0.507. The molecule has 0 bridgehead atoms. The lowest BCUT2D eigenvalue weighted by atomic mass is 10.2. The highest BCUT2D eigenvalue weighted by molar-refractivity contribution is 6.45. The molecule has 0 unspecified atom stereocenters. The molecule has 2 N–H and O–H groups in total. The zero-order valence-electron chi connectivity index (χ0n) is 11.4. The fraction of sp³-hybridized carbons (Fsp3) is 0.571. The van der Waals surface area contributed by atoms with Crippen molar-refractivity contribution >= 4 is 11.6 Å². The van der Waals surface area contributed by atoms with E-state index in [-0.39, 0.29) is 0 Å². The van der Waals surface area contributed by atoms with Gasteiger partial charge >= 0.3 is 0 Å². The third-order valence-electron chi connectivity index (χ3n) is 2.30. The Hall–Kier alpha value is -1.58. The molecule has 0 aliphatic heterocycles. The van der Waals surface area contributed by atoms with E-state index in [0.717, 1.165) is 38.8 Å². The Morgan fingerprint density at radius 2 is 1.22 bits per heavy atom. The van der Waals surface area contributed by atoms with E-state index >= 15 is 0 Å². The fourth-order valence-corrected chi connectivity index (χ4v) is 1.16. The van der Waals surface area contributed by atoms with Crippen molar-refractivity contribution in [1.82, 2.24) is 10.6 Å². The van der Waals surface area contributed by atoms with Crippen molar-refractivity contribution in [1.29, 1.82) is 0 Å². The summed E-state index contributed by atoms with van der Waals surface area (Å²) < 4.78 is 0. The summed E-state index contributed by atoms with van der Waals surface area (Å²) in [6, 6.07) is 0. The van der Waals surface area contributed by atoms with Gasteiger partial charge in [-0.15, -0.1) is 0 Å². The van der Waals surface area contributed by atoms with Crippen LogP contribution in [-0.4, -0.2) is 24.7 Å². The molecule has 0 fully saturated rings. The molecule has 102 valence electrons. The van der Waals surface area contributed by atoms with E-state index in [1.165, 1.54) is 24.6 Å². The summed E-state index contributed by atoms with van der Waals surface area (Å²) in [6.07, 6.45) is 9.91. The van der Waals surface area contributed by atoms with Gasteiger partial charge in [0.2, 0.25) is 11.6 Å². The third kappa shape index (κ3) is 9.63. The first-order valence-electron chi connectivity index (χ1n) is 6.60. The maximum atomic E-state index is 11.3. The van der Waals surface area contributed by atoms with Crippen LogP contribution in [0.15, 0.2) is 24.6 Å². The van der Waals surface area contributed by atoms with Crippen LogP contribution in [-0.2, 0) is 9.59 Å². The molecule has 4 heteroatoms. The number of nitrogens with one attached hydrogen (secondary N) is 2. The summed E-state index contributed by atoms with van der Waals surface area (Å²) >= 11 is 0.